The minimum absolute atomic E-state index is 0.0610. The summed E-state index contributed by atoms with van der Waals surface area (Å²) in [5.41, 5.74) is 7.02. The average molecular weight is 234 g/mol. The summed E-state index contributed by atoms with van der Waals surface area (Å²) in [7, 11) is 0. The number of nitrogens with two attached hydrogens (primary N) is 1. The molecule has 3 heteroatoms. The van der Waals surface area contributed by atoms with E-state index in [2.05, 4.69) is 12.1 Å². The van der Waals surface area contributed by atoms with Crippen LogP contribution in [-0.2, 0) is 11.2 Å². The molecule has 0 saturated carbocycles. The van der Waals surface area contributed by atoms with Crippen LogP contribution in [0.4, 0.5) is 0 Å². The van der Waals surface area contributed by atoms with E-state index >= 15 is 0 Å². The normalized spacial score (nSPS) is 12.2. The highest BCUT2D eigenvalue weighted by Gasteiger charge is 2.17. The van der Waals surface area contributed by atoms with Gasteiger partial charge in [-0.25, -0.2) is 0 Å². The topological polar surface area (TPSA) is 46.3 Å². The number of carbonyl (C=O) groups excluding carboxylic acids is 1. The van der Waals surface area contributed by atoms with E-state index in [0.717, 1.165) is 19.5 Å². The van der Waals surface area contributed by atoms with Crippen molar-refractivity contribution in [3.05, 3.63) is 35.9 Å². The lowest BCUT2D eigenvalue weighted by molar-refractivity contribution is -0.132. The van der Waals surface area contributed by atoms with Gasteiger partial charge in [-0.15, -0.1) is 0 Å². The van der Waals surface area contributed by atoms with E-state index in [-0.39, 0.29) is 11.9 Å². The Morgan fingerprint density at radius 1 is 1.29 bits per heavy atom. The molecule has 0 saturated heterocycles. The summed E-state index contributed by atoms with van der Waals surface area (Å²) >= 11 is 0. The molecule has 0 aliphatic heterocycles. The first-order chi connectivity index (χ1) is 8.19. The molecular formula is C14H22N2O. The van der Waals surface area contributed by atoms with E-state index in [4.69, 9.17) is 5.73 Å². The number of likely N-dealkylation sites (N-methyl/N-ethyl adjacent to an activating group) is 1. The molecule has 1 aromatic rings. The van der Waals surface area contributed by atoms with Gasteiger partial charge in [-0.05, 0) is 25.3 Å². The Morgan fingerprint density at radius 3 is 2.47 bits per heavy atom. The largest absolute Gasteiger partial charge is 0.341 e. The molecule has 0 aliphatic rings. The summed E-state index contributed by atoms with van der Waals surface area (Å²) in [4.78, 5) is 13.8. The Labute approximate surface area is 104 Å². The highest BCUT2D eigenvalue weighted by atomic mass is 16.2. The second-order valence-electron chi connectivity index (χ2n) is 4.17. The van der Waals surface area contributed by atoms with Gasteiger partial charge in [0, 0.05) is 13.1 Å². The van der Waals surface area contributed by atoms with Crippen molar-refractivity contribution in [2.24, 2.45) is 5.73 Å². The number of amides is 1. The summed E-state index contributed by atoms with van der Waals surface area (Å²) in [5.74, 6) is 0.0610. The zero-order valence-electron chi connectivity index (χ0n) is 10.7. The van der Waals surface area contributed by atoms with Crippen LogP contribution in [0.2, 0.25) is 0 Å². The zero-order valence-corrected chi connectivity index (χ0v) is 10.7. The smallest absolute Gasteiger partial charge is 0.239 e. The monoisotopic (exact) mass is 234 g/mol. The number of hydrogen-bond acceptors (Lipinski definition) is 2. The molecule has 0 unspecified atom stereocenters. The van der Waals surface area contributed by atoms with Gasteiger partial charge < -0.3 is 10.6 Å². The van der Waals surface area contributed by atoms with Crippen LogP contribution in [0, 0.1) is 0 Å². The van der Waals surface area contributed by atoms with Crippen molar-refractivity contribution in [2.75, 3.05) is 13.1 Å². The van der Waals surface area contributed by atoms with Crippen molar-refractivity contribution in [3.63, 3.8) is 0 Å². The summed E-state index contributed by atoms with van der Waals surface area (Å²) in [6, 6.07) is 9.84. The maximum atomic E-state index is 11.9. The SMILES string of the molecule is CC[C@@H](N)C(=O)N(CC)CCc1ccccc1. The molecule has 0 aliphatic carbocycles. The van der Waals surface area contributed by atoms with Crippen LogP contribution in [0.5, 0.6) is 0 Å². The van der Waals surface area contributed by atoms with Gasteiger partial charge in [-0.2, -0.15) is 0 Å². The Morgan fingerprint density at radius 2 is 1.94 bits per heavy atom. The van der Waals surface area contributed by atoms with Crippen LogP contribution < -0.4 is 5.73 Å². The average Bonchev–Trinajstić information content (AvgIpc) is 2.39. The first kappa shape index (κ1) is 13.7. The second kappa shape index (κ2) is 7.07. The Kier molecular flexibility index (Phi) is 5.70. The molecule has 17 heavy (non-hydrogen) atoms. The summed E-state index contributed by atoms with van der Waals surface area (Å²) in [6.45, 7) is 5.39. The minimum atomic E-state index is -0.356. The summed E-state index contributed by atoms with van der Waals surface area (Å²) in [5, 5.41) is 0. The van der Waals surface area contributed by atoms with Crippen LogP contribution in [0.25, 0.3) is 0 Å². The molecule has 1 amide bonds. The van der Waals surface area contributed by atoms with Crippen molar-refractivity contribution in [2.45, 2.75) is 32.7 Å². The molecule has 0 spiro atoms. The second-order valence-corrected chi connectivity index (χ2v) is 4.17. The van der Waals surface area contributed by atoms with E-state index in [1.807, 2.05) is 36.9 Å². The molecule has 0 bridgehead atoms. The molecule has 2 N–H and O–H groups in total. The van der Waals surface area contributed by atoms with Gasteiger partial charge in [0.1, 0.15) is 0 Å². The van der Waals surface area contributed by atoms with Crippen LogP contribution in [-0.4, -0.2) is 29.9 Å². The van der Waals surface area contributed by atoms with Gasteiger partial charge in [0.2, 0.25) is 5.91 Å². The van der Waals surface area contributed by atoms with Crippen molar-refractivity contribution < 1.29 is 4.79 Å². The quantitative estimate of drug-likeness (QED) is 0.816. The lowest BCUT2D eigenvalue weighted by Crippen LogP contribution is -2.44. The highest BCUT2D eigenvalue weighted by Crippen LogP contribution is 2.03. The molecule has 1 atom stereocenters. The molecule has 94 valence electrons. The van der Waals surface area contributed by atoms with E-state index < -0.39 is 0 Å². The zero-order chi connectivity index (χ0) is 12.7. The van der Waals surface area contributed by atoms with Crippen LogP contribution in [0.15, 0.2) is 30.3 Å². The third-order valence-corrected chi connectivity index (χ3v) is 2.96. The maximum absolute atomic E-state index is 11.9. The number of hydrogen-bond donors (Lipinski definition) is 1. The third kappa shape index (κ3) is 4.19. The summed E-state index contributed by atoms with van der Waals surface area (Å²) < 4.78 is 0. The summed E-state index contributed by atoms with van der Waals surface area (Å²) in [6.07, 6.45) is 1.58. The van der Waals surface area contributed by atoms with E-state index in [1.165, 1.54) is 5.56 Å². The molecule has 0 radical (unpaired) electrons. The highest BCUT2D eigenvalue weighted by molar-refractivity contribution is 5.81. The minimum Gasteiger partial charge on any atom is -0.341 e. The molecule has 1 aromatic carbocycles. The fourth-order valence-corrected chi connectivity index (χ4v) is 1.74. The molecule has 0 aromatic heterocycles. The lowest BCUT2D eigenvalue weighted by Gasteiger charge is -2.23. The number of benzene rings is 1. The molecular weight excluding hydrogens is 212 g/mol. The molecule has 0 fully saturated rings. The van der Waals surface area contributed by atoms with Gasteiger partial charge in [-0.3, -0.25) is 4.79 Å². The van der Waals surface area contributed by atoms with Crippen molar-refractivity contribution in [1.82, 2.24) is 4.90 Å². The Bertz CT molecular complexity index is 337. The molecule has 0 heterocycles. The first-order valence-electron chi connectivity index (χ1n) is 6.27. The maximum Gasteiger partial charge on any atom is 0.239 e. The standard InChI is InChI=1S/C14H22N2O/c1-3-13(15)14(17)16(4-2)11-10-12-8-6-5-7-9-12/h5-9,13H,3-4,10-11,15H2,1-2H3/t13-/m1/s1. The fourth-order valence-electron chi connectivity index (χ4n) is 1.74. The predicted octanol–water partition coefficient (Wildman–Crippen LogP) is 1.81. The molecule has 1 rings (SSSR count). The van der Waals surface area contributed by atoms with Crippen LogP contribution in [0.1, 0.15) is 25.8 Å². The van der Waals surface area contributed by atoms with Gasteiger partial charge in [0.05, 0.1) is 6.04 Å². The number of carbonyl (C=O) groups is 1. The van der Waals surface area contributed by atoms with Gasteiger partial charge in [0.25, 0.3) is 0 Å². The van der Waals surface area contributed by atoms with Gasteiger partial charge >= 0.3 is 0 Å². The van der Waals surface area contributed by atoms with E-state index in [9.17, 15) is 4.79 Å². The van der Waals surface area contributed by atoms with Crippen molar-refractivity contribution >= 4 is 5.91 Å². The van der Waals surface area contributed by atoms with Crippen LogP contribution >= 0.6 is 0 Å². The lowest BCUT2D eigenvalue weighted by atomic mass is 10.1. The van der Waals surface area contributed by atoms with Gasteiger partial charge in [0.15, 0.2) is 0 Å². The first-order valence-corrected chi connectivity index (χ1v) is 6.27. The van der Waals surface area contributed by atoms with Crippen LogP contribution in [0.3, 0.4) is 0 Å². The Hall–Kier alpha value is -1.35. The molecule has 3 nitrogen and oxygen atoms in total. The number of nitrogens with zero attached hydrogens (tertiary/aromatic N) is 1. The van der Waals surface area contributed by atoms with E-state index in [1.54, 1.807) is 0 Å². The Balaban J connectivity index is 2.50. The predicted molar refractivity (Wildman–Crippen MR) is 70.7 cm³/mol. The van der Waals surface area contributed by atoms with Gasteiger partial charge in [-0.1, -0.05) is 37.3 Å². The van der Waals surface area contributed by atoms with Crippen molar-refractivity contribution in [1.29, 1.82) is 0 Å². The van der Waals surface area contributed by atoms with Crippen molar-refractivity contribution in [3.8, 4) is 0 Å². The van der Waals surface area contributed by atoms with E-state index in [0.29, 0.717) is 6.42 Å². The fraction of sp³-hybridized carbons (Fsp3) is 0.500. The number of rotatable bonds is 6. The third-order valence-electron chi connectivity index (χ3n) is 2.96.